The van der Waals surface area contributed by atoms with Crippen LogP contribution in [0.5, 0.6) is 0 Å². The number of rotatable bonds is 2. The summed E-state index contributed by atoms with van der Waals surface area (Å²) in [7, 11) is 2.13. The van der Waals surface area contributed by atoms with Crippen LogP contribution in [0.2, 0.25) is 0 Å². The fourth-order valence-corrected chi connectivity index (χ4v) is 2.86. The number of likely N-dealkylation sites (N-methyl/N-ethyl adjacent to an activating group) is 1. The maximum atomic E-state index is 12.5. The first kappa shape index (κ1) is 14.5. The predicted molar refractivity (Wildman–Crippen MR) is 81.7 cm³/mol. The highest BCUT2D eigenvalue weighted by atomic mass is 79.9. The number of piperazine rings is 1. The van der Waals surface area contributed by atoms with Gasteiger partial charge >= 0.3 is 0 Å². The smallest absolute Gasteiger partial charge is 0.253 e. The van der Waals surface area contributed by atoms with Gasteiger partial charge in [0.2, 0.25) is 0 Å². The Bertz CT molecular complexity index is 434. The molecule has 0 bridgehead atoms. The van der Waals surface area contributed by atoms with E-state index in [0.29, 0.717) is 12.1 Å². The first-order chi connectivity index (χ1) is 9.02. The molecular weight excluding hydrogens is 304 g/mol. The molecule has 1 saturated heterocycles. The van der Waals surface area contributed by atoms with E-state index in [2.05, 4.69) is 41.7 Å². The minimum absolute atomic E-state index is 0.146. The van der Waals surface area contributed by atoms with Gasteiger partial charge in [-0.15, -0.1) is 0 Å². The summed E-state index contributed by atoms with van der Waals surface area (Å²) < 4.78 is 0. The number of alkyl halides is 1. The van der Waals surface area contributed by atoms with Crippen molar-refractivity contribution in [3.8, 4) is 0 Å². The number of benzene rings is 1. The molecule has 19 heavy (non-hydrogen) atoms. The third-order valence-electron chi connectivity index (χ3n) is 4.00. The van der Waals surface area contributed by atoms with Gasteiger partial charge in [0.25, 0.3) is 5.91 Å². The molecule has 1 aliphatic rings. The lowest BCUT2D eigenvalue weighted by Crippen LogP contribution is -2.56. The van der Waals surface area contributed by atoms with Crippen LogP contribution in [0.15, 0.2) is 24.3 Å². The average molecular weight is 325 g/mol. The van der Waals surface area contributed by atoms with Crippen LogP contribution in [-0.2, 0) is 5.33 Å². The Kier molecular flexibility index (Phi) is 4.63. The van der Waals surface area contributed by atoms with E-state index in [-0.39, 0.29) is 5.91 Å². The molecule has 2 rings (SSSR count). The number of hydrogen-bond donors (Lipinski definition) is 0. The second-order valence-electron chi connectivity index (χ2n) is 5.40. The van der Waals surface area contributed by atoms with Gasteiger partial charge in [0.15, 0.2) is 0 Å². The molecule has 0 aromatic heterocycles. The molecule has 0 aliphatic carbocycles. The van der Waals surface area contributed by atoms with Gasteiger partial charge in [0, 0.05) is 36.1 Å². The third kappa shape index (κ3) is 3.18. The lowest BCUT2D eigenvalue weighted by Gasteiger charge is -2.42. The minimum Gasteiger partial charge on any atom is -0.336 e. The fourth-order valence-electron chi connectivity index (χ4n) is 2.49. The van der Waals surface area contributed by atoms with Gasteiger partial charge < -0.3 is 4.90 Å². The number of nitrogens with zero attached hydrogens (tertiary/aromatic N) is 2. The summed E-state index contributed by atoms with van der Waals surface area (Å²) in [4.78, 5) is 16.8. The van der Waals surface area contributed by atoms with Crippen LogP contribution < -0.4 is 0 Å². The zero-order chi connectivity index (χ0) is 14.0. The quantitative estimate of drug-likeness (QED) is 0.781. The molecule has 0 spiro atoms. The largest absolute Gasteiger partial charge is 0.336 e. The van der Waals surface area contributed by atoms with Gasteiger partial charge in [0.1, 0.15) is 0 Å². The Morgan fingerprint density at radius 1 is 1.21 bits per heavy atom. The lowest BCUT2D eigenvalue weighted by atomic mass is 10.1. The van der Waals surface area contributed by atoms with Gasteiger partial charge in [-0.2, -0.15) is 0 Å². The number of halogens is 1. The maximum Gasteiger partial charge on any atom is 0.253 e. The van der Waals surface area contributed by atoms with E-state index in [9.17, 15) is 4.79 Å². The van der Waals surface area contributed by atoms with Crippen LogP contribution in [0.4, 0.5) is 0 Å². The van der Waals surface area contributed by atoms with Crippen LogP contribution in [0.1, 0.15) is 29.8 Å². The molecule has 0 radical (unpaired) electrons. The van der Waals surface area contributed by atoms with Crippen molar-refractivity contribution in [1.82, 2.24) is 9.80 Å². The number of amides is 1. The van der Waals surface area contributed by atoms with Gasteiger partial charge in [-0.25, -0.2) is 0 Å². The van der Waals surface area contributed by atoms with Crippen molar-refractivity contribution in [2.45, 2.75) is 31.3 Å². The zero-order valence-corrected chi connectivity index (χ0v) is 13.4. The van der Waals surface area contributed by atoms with E-state index < -0.39 is 0 Å². The average Bonchev–Trinajstić information content (AvgIpc) is 2.43. The highest BCUT2D eigenvalue weighted by Crippen LogP contribution is 2.17. The topological polar surface area (TPSA) is 23.6 Å². The maximum absolute atomic E-state index is 12.5. The second-order valence-corrected chi connectivity index (χ2v) is 5.96. The molecule has 1 aliphatic heterocycles. The number of hydrogen-bond acceptors (Lipinski definition) is 2. The first-order valence-electron chi connectivity index (χ1n) is 6.69. The van der Waals surface area contributed by atoms with E-state index in [0.717, 1.165) is 24.0 Å². The highest BCUT2D eigenvalue weighted by molar-refractivity contribution is 9.08. The van der Waals surface area contributed by atoms with Gasteiger partial charge in [-0.3, -0.25) is 9.69 Å². The summed E-state index contributed by atoms with van der Waals surface area (Å²) in [5.74, 6) is 0.146. The van der Waals surface area contributed by atoms with Gasteiger partial charge in [-0.05, 0) is 38.6 Å². The van der Waals surface area contributed by atoms with Gasteiger partial charge in [0.05, 0.1) is 0 Å². The highest BCUT2D eigenvalue weighted by Gasteiger charge is 2.29. The Hall–Kier alpha value is -0.870. The molecule has 1 aromatic rings. The van der Waals surface area contributed by atoms with Crippen LogP contribution in [-0.4, -0.2) is 47.9 Å². The predicted octanol–water partition coefficient (Wildman–Crippen LogP) is 2.75. The van der Waals surface area contributed by atoms with Crippen molar-refractivity contribution in [3.63, 3.8) is 0 Å². The summed E-state index contributed by atoms with van der Waals surface area (Å²) in [6.45, 7) is 5.95. The SMILES string of the molecule is CC1CN(C(=O)c2ccc(CBr)cc2)CC(C)N1C. The molecule has 2 unspecified atom stereocenters. The van der Waals surface area contributed by atoms with Crippen molar-refractivity contribution in [2.75, 3.05) is 20.1 Å². The van der Waals surface area contributed by atoms with Crippen LogP contribution in [0, 0.1) is 0 Å². The molecular formula is C15H21BrN2O. The molecule has 2 atom stereocenters. The monoisotopic (exact) mass is 324 g/mol. The molecule has 0 saturated carbocycles. The summed E-state index contributed by atoms with van der Waals surface area (Å²) >= 11 is 3.42. The normalized spacial score (nSPS) is 24.5. The molecule has 1 heterocycles. The van der Waals surface area contributed by atoms with E-state index in [1.165, 1.54) is 5.56 Å². The molecule has 4 heteroatoms. The Labute approximate surface area is 123 Å². The minimum atomic E-state index is 0.146. The summed E-state index contributed by atoms with van der Waals surface area (Å²) in [5, 5.41) is 0.823. The number of carbonyl (C=O) groups is 1. The fraction of sp³-hybridized carbons (Fsp3) is 0.533. The third-order valence-corrected chi connectivity index (χ3v) is 4.65. The Balaban J connectivity index is 2.10. The molecule has 1 fully saturated rings. The molecule has 1 aromatic carbocycles. The number of carbonyl (C=O) groups excluding carboxylic acids is 1. The van der Waals surface area contributed by atoms with Crippen molar-refractivity contribution >= 4 is 21.8 Å². The van der Waals surface area contributed by atoms with Crippen LogP contribution in [0.3, 0.4) is 0 Å². The Morgan fingerprint density at radius 3 is 2.21 bits per heavy atom. The summed E-state index contributed by atoms with van der Waals surface area (Å²) in [6, 6.07) is 8.68. The van der Waals surface area contributed by atoms with Crippen LogP contribution >= 0.6 is 15.9 Å². The van der Waals surface area contributed by atoms with Crippen molar-refractivity contribution in [3.05, 3.63) is 35.4 Å². The Morgan fingerprint density at radius 2 is 1.74 bits per heavy atom. The first-order valence-corrected chi connectivity index (χ1v) is 7.81. The van der Waals surface area contributed by atoms with Crippen molar-refractivity contribution in [1.29, 1.82) is 0 Å². The molecule has 1 amide bonds. The second kappa shape index (κ2) is 6.06. The van der Waals surface area contributed by atoms with Crippen LogP contribution in [0.25, 0.3) is 0 Å². The lowest BCUT2D eigenvalue weighted by molar-refractivity contribution is 0.0414. The van der Waals surface area contributed by atoms with E-state index >= 15 is 0 Å². The molecule has 0 N–H and O–H groups in total. The van der Waals surface area contributed by atoms with E-state index in [1.807, 2.05) is 29.2 Å². The van der Waals surface area contributed by atoms with Crippen molar-refractivity contribution < 1.29 is 4.79 Å². The van der Waals surface area contributed by atoms with Gasteiger partial charge in [-0.1, -0.05) is 28.1 Å². The van der Waals surface area contributed by atoms with E-state index in [1.54, 1.807) is 0 Å². The van der Waals surface area contributed by atoms with Crippen molar-refractivity contribution in [2.24, 2.45) is 0 Å². The molecule has 104 valence electrons. The standard InChI is InChI=1S/C15H21BrN2O/c1-11-9-18(10-12(2)17(11)3)15(19)14-6-4-13(8-16)5-7-14/h4-7,11-12H,8-10H2,1-3H3. The molecule has 3 nitrogen and oxygen atoms in total. The van der Waals surface area contributed by atoms with E-state index in [4.69, 9.17) is 0 Å². The zero-order valence-electron chi connectivity index (χ0n) is 11.8. The summed E-state index contributed by atoms with van der Waals surface area (Å²) in [5.41, 5.74) is 1.98. The summed E-state index contributed by atoms with van der Waals surface area (Å²) in [6.07, 6.45) is 0.